The standard InChI is InChI=1S/C21H26N2O4/c1-12-15(13-8-6-7-9-14(13)22-12)17-16(19(25)21(2,3)4)18(24)20(26)23(17)10-11-27-5/h6-9,17,22,24H,10-11H2,1-5H3. The number of aromatic nitrogens is 1. The van der Waals surface area contributed by atoms with Gasteiger partial charge in [-0.2, -0.15) is 0 Å². The lowest BCUT2D eigenvalue weighted by Crippen LogP contribution is -2.35. The van der Waals surface area contributed by atoms with Crippen LogP contribution < -0.4 is 0 Å². The second-order valence-corrected chi connectivity index (χ2v) is 7.94. The van der Waals surface area contributed by atoms with Crippen LogP contribution in [0.3, 0.4) is 0 Å². The Bertz CT molecular complexity index is 933. The number of methoxy groups -OCH3 is 1. The van der Waals surface area contributed by atoms with Crippen molar-refractivity contribution < 1.29 is 19.4 Å². The van der Waals surface area contributed by atoms with Gasteiger partial charge in [0.2, 0.25) is 0 Å². The zero-order valence-corrected chi connectivity index (χ0v) is 16.4. The van der Waals surface area contributed by atoms with E-state index in [9.17, 15) is 14.7 Å². The topological polar surface area (TPSA) is 82.6 Å². The Kier molecular flexibility index (Phi) is 4.86. The van der Waals surface area contributed by atoms with E-state index < -0.39 is 23.1 Å². The van der Waals surface area contributed by atoms with Crippen LogP contribution in [0.25, 0.3) is 10.9 Å². The number of carbonyl (C=O) groups excluding carboxylic acids is 2. The lowest BCUT2D eigenvalue weighted by molar-refractivity contribution is -0.130. The molecule has 0 aliphatic carbocycles. The van der Waals surface area contributed by atoms with E-state index in [-0.39, 0.29) is 17.9 Å². The quantitative estimate of drug-likeness (QED) is 0.845. The van der Waals surface area contributed by atoms with Gasteiger partial charge in [-0.05, 0) is 13.0 Å². The van der Waals surface area contributed by atoms with E-state index in [1.165, 1.54) is 4.90 Å². The second-order valence-electron chi connectivity index (χ2n) is 7.94. The smallest absolute Gasteiger partial charge is 0.290 e. The lowest BCUT2D eigenvalue weighted by atomic mass is 9.81. The number of H-pyrrole nitrogens is 1. The fraction of sp³-hybridized carbons (Fsp3) is 0.429. The third-order valence-corrected chi connectivity index (χ3v) is 4.98. The largest absolute Gasteiger partial charge is 0.503 e. The molecule has 0 bridgehead atoms. The van der Waals surface area contributed by atoms with Gasteiger partial charge in [-0.15, -0.1) is 0 Å². The van der Waals surface area contributed by atoms with Gasteiger partial charge in [0, 0.05) is 41.2 Å². The van der Waals surface area contributed by atoms with E-state index in [0.717, 1.165) is 22.2 Å². The SMILES string of the molecule is COCCN1C(=O)C(O)=C(C(=O)C(C)(C)C)C1c1c(C)[nH]c2ccccc12. The van der Waals surface area contributed by atoms with Crippen LogP contribution in [0.5, 0.6) is 0 Å². The van der Waals surface area contributed by atoms with Crippen molar-refractivity contribution in [3.05, 3.63) is 46.9 Å². The molecule has 2 heterocycles. The molecular formula is C21H26N2O4. The summed E-state index contributed by atoms with van der Waals surface area (Å²) in [4.78, 5) is 30.8. The van der Waals surface area contributed by atoms with Crippen molar-refractivity contribution in [1.29, 1.82) is 0 Å². The zero-order chi connectivity index (χ0) is 19.9. The Hall–Kier alpha value is -2.60. The molecule has 0 spiro atoms. The molecule has 0 saturated heterocycles. The Labute approximate surface area is 158 Å². The van der Waals surface area contributed by atoms with Gasteiger partial charge >= 0.3 is 0 Å². The molecule has 2 N–H and O–H groups in total. The number of rotatable bonds is 5. The number of Topliss-reactive ketones (excluding diaryl/α,β-unsaturated/α-hetero) is 1. The zero-order valence-electron chi connectivity index (χ0n) is 16.4. The first kappa shape index (κ1) is 19.2. The van der Waals surface area contributed by atoms with Crippen molar-refractivity contribution in [2.75, 3.05) is 20.3 Å². The number of aryl methyl sites for hydroxylation is 1. The molecule has 6 heteroatoms. The molecule has 0 fully saturated rings. The number of para-hydroxylation sites is 1. The molecule has 0 radical (unpaired) electrons. The number of hydrogen-bond donors (Lipinski definition) is 2. The van der Waals surface area contributed by atoms with Gasteiger partial charge in [0.25, 0.3) is 5.91 Å². The first-order valence-electron chi connectivity index (χ1n) is 9.03. The van der Waals surface area contributed by atoms with E-state index in [2.05, 4.69) is 4.98 Å². The Morgan fingerprint density at radius 1 is 1.30 bits per heavy atom. The van der Waals surface area contributed by atoms with Gasteiger partial charge in [0.05, 0.1) is 18.2 Å². The van der Waals surface area contributed by atoms with E-state index in [0.29, 0.717) is 6.61 Å². The minimum atomic E-state index is -0.723. The number of aromatic amines is 1. The van der Waals surface area contributed by atoms with Crippen molar-refractivity contribution in [2.45, 2.75) is 33.7 Å². The van der Waals surface area contributed by atoms with Crippen molar-refractivity contribution in [1.82, 2.24) is 9.88 Å². The van der Waals surface area contributed by atoms with Crippen molar-refractivity contribution in [3.8, 4) is 0 Å². The Morgan fingerprint density at radius 2 is 1.96 bits per heavy atom. The van der Waals surface area contributed by atoms with E-state index in [4.69, 9.17) is 4.74 Å². The molecule has 1 unspecified atom stereocenters. The number of ether oxygens (including phenoxy) is 1. The number of carbonyl (C=O) groups is 2. The molecule has 2 aromatic rings. The van der Waals surface area contributed by atoms with Gasteiger partial charge in [-0.25, -0.2) is 0 Å². The van der Waals surface area contributed by atoms with E-state index in [1.807, 2.05) is 31.2 Å². The molecule has 1 aliphatic rings. The molecule has 6 nitrogen and oxygen atoms in total. The molecule has 1 aliphatic heterocycles. The van der Waals surface area contributed by atoms with Gasteiger partial charge < -0.3 is 19.7 Å². The fourth-order valence-electron chi connectivity index (χ4n) is 3.66. The first-order valence-corrected chi connectivity index (χ1v) is 9.03. The Morgan fingerprint density at radius 3 is 2.59 bits per heavy atom. The summed E-state index contributed by atoms with van der Waals surface area (Å²) in [5.41, 5.74) is 2.07. The number of aliphatic hydroxyl groups is 1. The maximum atomic E-state index is 13.2. The normalized spacial score (nSPS) is 18.0. The molecular weight excluding hydrogens is 344 g/mol. The lowest BCUT2D eigenvalue weighted by Gasteiger charge is -2.29. The number of aliphatic hydroxyl groups excluding tert-OH is 1. The summed E-state index contributed by atoms with van der Waals surface area (Å²) in [5, 5.41) is 11.5. The minimum absolute atomic E-state index is 0.163. The highest BCUT2D eigenvalue weighted by Gasteiger charge is 2.47. The van der Waals surface area contributed by atoms with Crippen LogP contribution in [0.4, 0.5) is 0 Å². The minimum Gasteiger partial charge on any atom is -0.503 e. The number of fused-ring (bicyclic) bond motifs is 1. The van der Waals surface area contributed by atoms with Crippen LogP contribution in [0.2, 0.25) is 0 Å². The van der Waals surface area contributed by atoms with Crippen LogP contribution >= 0.6 is 0 Å². The summed E-state index contributed by atoms with van der Waals surface area (Å²) in [6.45, 7) is 7.88. The maximum absolute atomic E-state index is 13.2. The van der Waals surface area contributed by atoms with Gasteiger partial charge in [0.1, 0.15) is 0 Å². The highest BCUT2D eigenvalue weighted by molar-refractivity contribution is 6.11. The van der Waals surface area contributed by atoms with E-state index >= 15 is 0 Å². The monoisotopic (exact) mass is 370 g/mol. The summed E-state index contributed by atoms with van der Waals surface area (Å²) in [6.07, 6.45) is 0. The summed E-state index contributed by atoms with van der Waals surface area (Å²) in [6, 6.07) is 7.12. The highest BCUT2D eigenvalue weighted by Crippen LogP contribution is 2.44. The van der Waals surface area contributed by atoms with Crippen LogP contribution in [-0.4, -0.2) is 46.9 Å². The van der Waals surface area contributed by atoms with Crippen LogP contribution in [0.15, 0.2) is 35.6 Å². The average Bonchev–Trinajstić information content (AvgIpc) is 3.05. The van der Waals surface area contributed by atoms with Crippen LogP contribution in [0, 0.1) is 12.3 Å². The molecule has 3 rings (SSSR count). The third-order valence-electron chi connectivity index (χ3n) is 4.98. The molecule has 144 valence electrons. The predicted octanol–water partition coefficient (Wildman–Crippen LogP) is 3.43. The maximum Gasteiger partial charge on any atom is 0.290 e. The van der Waals surface area contributed by atoms with Crippen LogP contribution in [0.1, 0.15) is 38.1 Å². The summed E-state index contributed by atoms with van der Waals surface area (Å²) in [5.74, 6) is -1.22. The van der Waals surface area contributed by atoms with Crippen molar-refractivity contribution in [3.63, 3.8) is 0 Å². The second kappa shape index (κ2) is 6.85. The number of nitrogens with one attached hydrogen (secondary N) is 1. The fourth-order valence-corrected chi connectivity index (χ4v) is 3.66. The number of ketones is 1. The third kappa shape index (κ3) is 3.14. The van der Waals surface area contributed by atoms with E-state index in [1.54, 1.807) is 27.9 Å². The first-order chi connectivity index (χ1) is 12.7. The number of amides is 1. The number of hydrogen-bond acceptors (Lipinski definition) is 4. The van der Waals surface area contributed by atoms with Crippen molar-refractivity contribution >= 4 is 22.6 Å². The predicted molar refractivity (Wildman–Crippen MR) is 103 cm³/mol. The number of nitrogens with zero attached hydrogens (tertiary/aromatic N) is 1. The van der Waals surface area contributed by atoms with Crippen LogP contribution in [-0.2, 0) is 14.3 Å². The van der Waals surface area contributed by atoms with Gasteiger partial charge in [-0.1, -0.05) is 39.0 Å². The molecule has 1 aromatic carbocycles. The summed E-state index contributed by atoms with van der Waals surface area (Å²) < 4.78 is 5.15. The molecule has 0 saturated carbocycles. The Balaban J connectivity index is 2.23. The number of benzene rings is 1. The van der Waals surface area contributed by atoms with Gasteiger partial charge in [0.15, 0.2) is 11.5 Å². The average molecular weight is 370 g/mol. The summed E-state index contributed by atoms with van der Waals surface area (Å²) in [7, 11) is 1.56. The van der Waals surface area contributed by atoms with Gasteiger partial charge in [-0.3, -0.25) is 9.59 Å². The molecule has 1 atom stereocenters. The molecule has 1 amide bonds. The van der Waals surface area contributed by atoms with Crippen molar-refractivity contribution in [2.24, 2.45) is 5.41 Å². The molecule has 1 aromatic heterocycles. The molecule has 27 heavy (non-hydrogen) atoms. The highest BCUT2D eigenvalue weighted by atomic mass is 16.5. The summed E-state index contributed by atoms with van der Waals surface area (Å²) >= 11 is 0.